The molecule has 0 bridgehead atoms. The van der Waals surface area contributed by atoms with Gasteiger partial charge in [0.1, 0.15) is 11.6 Å². The zero-order valence-corrected chi connectivity index (χ0v) is 14.7. The van der Waals surface area contributed by atoms with Crippen LogP contribution in [0.4, 0.5) is 4.39 Å². The van der Waals surface area contributed by atoms with Crippen LogP contribution >= 0.6 is 15.9 Å². The van der Waals surface area contributed by atoms with Crippen molar-refractivity contribution in [3.8, 4) is 5.75 Å². The Morgan fingerprint density at radius 3 is 2.57 bits per heavy atom. The van der Waals surface area contributed by atoms with E-state index < -0.39 is 0 Å². The summed E-state index contributed by atoms with van der Waals surface area (Å²) in [6.45, 7) is 2.26. The van der Waals surface area contributed by atoms with Crippen LogP contribution < -0.4 is 4.74 Å². The number of methoxy groups -OCH3 is 1. The summed E-state index contributed by atoms with van der Waals surface area (Å²) in [4.78, 5) is 0.121. The van der Waals surface area contributed by atoms with Crippen LogP contribution in [0.3, 0.4) is 0 Å². The summed E-state index contributed by atoms with van der Waals surface area (Å²) in [6, 6.07) is 5.19. The summed E-state index contributed by atoms with van der Waals surface area (Å²) >= 11 is 3.74. The van der Waals surface area contributed by atoms with Crippen LogP contribution in [0.5, 0.6) is 5.75 Å². The number of ether oxygens (including phenoxy) is 1. The van der Waals surface area contributed by atoms with Gasteiger partial charge in [0.15, 0.2) is 0 Å². The fourth-order valence-electron chi connectivity index (χ4n) is 3.37. The van der Waals surface area contributed by atoms with Gasteiger partial charge in [-0.1, -0.05) is 61.0 Å². The summed E-state index contributed by atoms with van der Waals surface area (Å²) < 4.78 is 19.2. The minimum atomic E-state index is -0.163. The number of alkyl halides is 1. The van der Waals surface area contributed by atoms with Gasteiger partial charge < -0.3 is 4.74 Å². The van der Waals surface area contributed by atoms with Gasteiger partial charge in [0.25, 0.3) is 0 Å². The second-order valence-corrected chi connectivity index (χ2v) is 7.20. The van der Waals surface area contributed by atoms with Crippen LogP contribution in [-0.4, -0.2) is 7.11 Å². The molecule has 0 aromatic heterocycles. The first kappa shape index (κ1) is 16.8. The lowest BCUT2D eigenvalue weighted by molar-refractivity contribution is 0.256. The first-order valence-electron chi connectivity index (χ1n) is 8.13. The molecule has 1 saturated carbocycles. The van der Waals surface area contributed by atoms with Gasteiger partial charge in [0.2, 0.25) is 0 Å². The number of unbranched alkanes of at least 4 members (excludes halogenated alkanes) is 1. The molecule has 118 valence electrons. The maximum atomic E-state index is 14.2. The molecule has 3 heteroatoms. The molecule has 0 N–H and O–H groups in total. The number of halogens is 2. The fraction of sp³-hybridized carbons (Fsp3) is 0.667. The fourth-order valence-corrected chi connectivity index (χ4v) is 4.27. The first-order chi connectivity index (χ1) is 10.2. The molecule has 1 aliphatic carbocycles. The average molecular weight is 357 g/mol. The Kier molecular flexibility index (Phi) is 6.53. The van der Waals surface area contributed by atoms with Crippen LogP contribution in [0.1, 0.15) is 62.3 Å². The third-order valence-electron chi connectivity index (χ3n) is 4.78. The van der Waals surface area contributed by atoms with Gasteiger partial charge in [-0.25, -0.2) is 4.39 Å². The monoisotopic (exact) mass is 356 g/mol. The Hall–Kier alpha value is -0.570. The number of benzene rings is 1. The lowest BCUT2D eigenvalue weighted by Gasteiger charge is -2.31. The molecule has 1 nitrogen and oxygen atoms in total. The second-order valence-electron chi connectivity index (χ2n) is 6.21. The van der Waals surface area contributed by atoms with E-state index in [9.17, 15) is 4.39 Å². The quantitative estimate of drug-likeness (QED) is 0.546. The predicted octanol–water partition coefficient (Wildman–Crippen LogP) is 6.27. The van der Waals surface area contributed by atoms with Gasteiger partial charge in [-0.05, 0) is 30.7 Å². The highest BCUT2D eigenvalue weighted by Crippen LogP contribution is 2.43. The van der Waals surface area contributed by atoms with Crippen molar-refractivity contribution in [2.75, 3.05) is 7.11 Å². The van der Waals surface area contributed by atoms with Crippen molar-refractivity contribution in [3.05, 3.63) is 29.6 Å². The van der Waals surface area contributed by atoms with E-state index in [1.165, 1.54) is 51.0 Å². The van der Waals surface area contributed by atoms with Gasteiger partial charge in [-0.15, -0.1) is 0 Å². The van der Waals surface area contributed by atoms with Gasteiger partial charge in [-0.2, -0.15) is 0 Å². The minimum absolute atomic E-state index is 0.121. The number of rotatable bonds is 6. The molecule has 1 fully saturated rings. The van der Waals surface area contributed by atoms with E-state index in [0.717, 1.165) is 11.5 Å². The average Bonchev–Trinajstić information content (AvgIpc) is 2.52. The predicted molar refractivity (Wildman–Crippen MR) is 89.6 cm³/mol. The Balaban J connectivity index is 1.94. The SMILES string of the molecule is CCCCC1CCC(C(Br)c2ccc(OC)cc2F)CC1. The molecular formula is C18H26BrFO. The normalized spacial score (nSPS) is 23.8. The first-order valence-corrected chi connectivity index (χ1v) is 9.04. The molecule has 0 aliphatic heterocycles. The third kappa shape index (κ3) is 4.45. The van der Waals surface area contributed by atoms with E-state index >= 15 is 0 Å². The topological polar surface area (TPSA) is 9.23 Å². The summed E-state index contributed by atoms with van der Waals surface area (Å²) in [5.41, 5.74) is 0.771. The van der Waals surface area contributed by atoms with E-state index in [1.54, 1.807) is 7.11 Å². The van der Waals surface area contributed by atoms with Crippen molar-refractivity contribution in [1.82, 2.24) is 0 Å². The molecule has 0 saturated heterocycles. The Labute approximate surface area is 136 Å². The molecule has 2 rings (SSSR count). The molecule has 0 radical (unpaired) electrons. The van der Waals surface area contributed by atoms with E-state index in [-0.39, 0.29) is 10.6 Å². The molecule has 1 aromatic rings. The molecular weight excluding hydrogens is 331 g/mol. The van der Waals surface area contributed by atoms with E-state index in [2.05, 4.69) is 22.9 Å². The summed E-state index contributed by atoms with van der Waals surface area (Å²) in [5, 5.41) is 0. The largest absolute Gasteiger partial charge is 0.497 e. The van der Waals surface area contributed by atoms with Gasteiger partial charge >= 0.3 is 0 Å². The van der Waals surface area contributed by atoms with Crippen LogP contribution in [-0.2, 0) is 0 Å². The van der Waals surface area contributed by atoms with Gasteiger partial charge in [-0.3, -0.25) is 0 Å². The van der Waals surface area contributed by atoms with Crippen molar-refractivity contribution in [2.45, 2.75) is 56.7 Å². The standard InChI is InChI=1S/C18H26BrFO/c1-3-4-5-13-6-8-14(9-7-13)18(19)16-11-10-15(21-2)12-17(16)20/h10-14,18H,3-9H2,1-2H3. The molecule has 1 atom stereocenters. The van der Waals surface area contributed by atoms with Gasteiger partial charge in [0.05, 0.1) is 7.11 Å². The van der Waals surface area contributed by atoms with Crippen molar-refractivity contribution in [2.24, 2.45) is 11.8 Å². The summed E-state index contributed by atoms with van der Waals surface area (Å²) in [6.07, 6.45) is 9.01. The third-order valence-corrected chi connectivity index (χ3v) is 6.02. The lowest BCUT2D eigenvalue weighted by Crippen LogP contribution is -2.18. The highest BCUT2D eigenvalue weighted by molar-refractivity contribution is 9.09. The Morgan fingerprint density at radius 2 is 2.00 bits per heavy atom. The van der Waals surface area contributed by atoms with Gasteiger partial charge in [0, 0.05) is 16.5 Å². The molecule has 0 amide bonds. The van der Waals surface area contributed by atoms with Crippen molar-refractivity contribution in [3.63, 3.8) is 0 Å². The Morgan fingerprint density at radius 1 is 1.29 bits per heavy atom. The van der Waals surface area contributed by atoms with Crippen molar-refractivity contribution >= 4 is 15.9 Å². The molecule has 1 aliphatic rings. The lowest BCUT2D eigenvalue weighted by atomic mass is 9.77. The van der Waals surface area contributed by atoms with E-state index in [0.29, 0.717) is 11.7 Å². The maximum Gasteiger partial charge on any atom is 0.131 e. The van der Waals surface area contributed by atoms with Crippen LogP contribution in [0.2, 0.25) is 0 Å². The highest BCUT2D eigenvalue weighted by atomic mass is 79.9. The highest BCUT2D eigenvalue weighted by Gasteiger charge is 2.28. The van der Waals surface area contributed by atoms with Crippen LogP contribution in [0, 0.1) is 17.7 Å². The molecule has 0 heterocycles. The van der Waals surface area contributed by atoms with Crippen LogP contribution in [0.15, 0.2) is 18.2 Å². The van der Waals surface area contributed by atoms with E-state index in [4.69, 9.17) is 4.74 Å². The van der Waals surface area contributed by atoms with E-state index in [1.807, 2.05) is 12.1 Å². The van der Waals surface area contributed by atoms with Crippen molar-refractivity contribution in [1.29, 1.82) is 0 Å². The van der Waals surface area contributed by atoms with Crippen molar-refractivity contribution < 1.29 is 9.13 Å². The molecule has 21 heavy (non-hydrogen) atoms. The molecule has 1 unspecified atom stereocenters. The maximum absolute atomic E-state index is 14.2. The zero-order valence-electron chi connectivity index (χ0n) is 13.1. The smallest absolute Gasteiger partial charge is 0.131 e. The number of hydrogen-bond donors (Lipinski definition) is 0. The molecule has 1 aromatic carbocycles. The van der Waals surface area contributed by atoms with Crippen LogP contribution in [0.25, 0.3) is 0 Å². The second kappa shape index (κ2) is 8.17. The summed E-state index contributed by atoms with van der Waals surface area (Å²) in [5.74, 6) is 1.86. The Bertz CT molecular complexity index is 441. The number of hydrogen-bond acceptors (Lipinski definition) is 1. The zero-order chi connectivity index (χ0) is 15.2. The molecule has 0 spiro atoms. The summed E-state index contributed by atoms with van der Waals surface area (Å²) in [7, 11) is 1.57. The minimum Gasteiger partial charge on any atom is -0.497 e.